The molecule has 1 N–H and O–H groups in total. The second-order valence-corrected chi connectivity index (χ2v) is 4.64. The molecule has 0 aliphatic carbocycles. The highest BCUT2D eigenvalue weighted by molar-refractivity contribution is 5.89. The van der Waals surface area contributed by atoms with E-state index in [4.69, 9.17) is 9.26 Å². The number of amides is 1. The van der Waals surface area contributed by atoms with Crippen LogP contribution in [0.2, 0.25) is 0 Å². The molecule has 1 aromatic carbocycles. The summed E-state index contributed by atoms with van der Waals surface area (Å²) in [6, 6.07) is 9.52. The third-order valence-electron chi connectivity index (χ3n) is 2.73. The van der Waals surface area contributed by atoms with Gasteiger partial charge in [-0.05, 0) is 32.4 Å². The van der Waals surface area contributed by atoms with Crippen LogP contribution in [0.1, 0.15) is 24.2 Å². The van der Waals surface area contributed by atoms with Crippen molar-refractivity contribution in [3.63, 3.8) is 0 Å². The van der Waals surface area contributed by atoms with E-state index in [2.05, 4.69) is 10.5 Å². The van der Waals surface area contributed by atoms with Gasteiger partial charge < -0.3 is 14.6 Å². The van der Waals surface area contributed by atoms with Crippen molar-refractivity contribution in [2.45, 2.75) is 26.7 Å². The largest absolute Gasteiger partial charge is 0.494 e. The Hall–Kier alpha value is -2.30. The summed E-state index contributed by atoms with van der Waals surface area (Å²) in [5.74, 6) is 1.85. The van der Waals surface area contributed by atoms with E-state index in [1.54, 1.807) is 13.0 Å². The van der Waals surface area contributed by atoms with Crippen LogP contribution < -0.4 is 10.1 Å². The number of nitrogens with one attached hydrogen (secondary N) is 1. The molecule has 106 valence electrons. The lowest BCUT2D eigenvalue weighted by Gasteiger charge is -2.06. The van der Waals surface area contributed by atoms with Crippen molar-refractivity contribution in [2.75, 3.05) is 11.9 Å². The van der Waals surface area contributed by atoms with Crippen LogP contribution in [0.25, 0.3) is 0 Å². The van der Waals surface area contributed by atoms with Gasteiger partial charge in [0.05, 0.1) is 6.61 Å². The van der Waals surface area contributed by atoms with Crippen LogP contribution in [-0.2, 0) is 4.79 Å². The Labute approximate surface area is 117 Å². The predicted molar refractivity (Wildman–Crippen MR) is 75.8 cm³/mol. The Balaban J connectivity index is 1.65. The molecule has 0 unspecified atom stereocenters. The Kier molecular flexibility index (Phi) is 4.76. The van der Waals surface area contributed by atoms with Crippen LogP contribution >= 0.6 is 0 Å². The Bertz CT molecular complexity index is 561. The highest BCUT2D eigenvalue weighted by atomic mass is 16.5. The lowest BCUT2D eigenvalue weighted by Crippen LogP contribution is -2.12. The van der Waals surface area contributed by atoms with Crippen LogP contribution in [0.3, 0.4) is 0 Å². The maximum Gasteiger partial charge on any atom is 0.225 e. The molecule has 5 nitrogen and oxygen atoms in total. The van der Waals surface area contributed by atoms with Gasteiger partial charge >= 0.3 is 0 Å². The molecule has 0 spiro atoms. The van der Waals surface area contributed by atoms with Crippen molar-refractivity contribution in [3.8, 4) is 5.75 Å². The third-order valence-corrected chi connectivity index (χ3v) is 2.73. The van der Waals surface area contributed by atoms with Crippen LogP contribution in [0.15, 0.2) is 34.9 Å². The fourth-order valence-electron chi connectivity index (χ4n) is 1.69. The molecule has 0 saturated carbocycles. The van der Waals surface area contributed by atoms with E-state index < -0.39 is 0 Å². The minimum Gasteiger partial charge on any atom is -0.494 e. The van der Waals surface area contributed by atoms with E-state index in [1.165, 1.54) is 5.56 Å². The minimum atomic E-state index is -0.0918. The first-order valence-electron chi connectivity index (χ1n) is 6.56. The summed E-state index contributed by atoms with van der Waals surface area (Å²) in [5.41, 5.74) is 1.19. The number of carbonyl (C=O) groups is 1. The van der Waals surface area contributed by atoms with E-state index in [0.29, 0.717) is 31.0 Å². The molecule has 0 bridgehead atoms. The normalized spacial score (nSPS) is 10.3. The topological polar surface area (TPSA) is 64.4 Å². The summed E-state index contributed by atoms with van der Waals surface area (Å²) in [7, 11) is 0. The van der Waals surface area contributed by atoms with Gasteiger partial charge in [-0.25, -0.2) is 0 Å². The first-order valence-corrected chi connectivity index (χ1v) is 6.56. The highest BCUT2D eigenvalue weighted by Gasteiger charge is 2.05. The number of hydrogen-bond donors (Lipinski definition) is 1. The van der Waals surface area contributed by atoms with Gasteiger partial charge in [0, 0.05) is 12.5 Å². The maximum atomic E-state index is 11.6. The van der Waals surface area contributed by atoms with Crippen molar-refractivity contribution < 1.29 is 14.1 Å². The molecule has 20 heavy (non-hydrogen) atoms. The molecule has 2 aromatic rings. The number of aryl methyl sites for hydroxylation is 2. The van der Waals surface area contributed by atoms with Crippen LogP contribution in [0.5, 0.6) is 5.75 Å². The fourth-order valence-corrected chi connectivity index (χ4v) is 1.69. The summed E-state index contributed by atoms with van der Waals surface area (Å²) >= 11 is 0. The number of carbonyl (C=O) groups excluding carboxylic acids is 1. The number of rotatable bonds is 6. The smallest absolute Gasteiger partial charge is 0.225 e. The Morgan fingerprint density at radius 1 is 1.30 bits per heavy atom. The van der Waals surface area contributed by atoms with Crippen LogP contribution in [0, 0.1) is 13.8 Å². The zero-order valence-electron chi connectivity index (χ0n) is 11.7. The SMILES string of the molecule is Cc1ccc(OCCCC(=O)Nc2cc(C)on2)cc1. The summed E-state index contributed by atoms with van der Waals surface area (Å²) in [4.78, 5) is 11.6. The molecular formula is C15H18N2O3. The van der Waals surface area contributed by atoms with Crippen molar-refractivity contribution >= 4 is 11.7 Å². The predicted octanol–water partition coefficient (Wildman–Crippen LogP) is 3.09. The zero-order chi connectivity index (χ0) is 14.4. The quantitative estimate of drug-likeness (QED) is 0.822. The summed E-state index contributed by atoms with van der Waals surface area (Å²) in [5, 5.41) is 6.37. The van der Waals surface area contributed by atoms with E-state index in [9.17, 15) is 4.79 Å². The minimum absolute atomic E-state index is 0.0918. The van der Waals surface area contributed by atoms with Gasteiger partial charge in [0.2, 0.25) is 5.91 Å². The summed E-state index contributed by atoms with van der Waals surface area (Å²) < 4.78 is 10.4. The first-order chi connectivity index (χ1) is 9.63. The van der Waals surface area contributed by atoms with E-state index >= 15 is 0 Å². The van der Waals surface area contributed by atoms with Gasteiger partial charge in [-0.1, -0.05) is 22.9 Å². The molecule has 1 amide bonds. The highest BCUT2D eigenvalue weighted by Crippen LogP contribution is 2.12. The molecular weight excluding hydrogens is 256 g/mol. The molecule has 1 aromatic heterocycles. The first kappa shape index (κ1) is 14.1. The number of benzene rings is 1. The second-order valence-electron chi connectivity index (χ2n) is 4.64. The van der Waals surface area contributed by atoms with E-state index in [-0.39, 0.29) is 5.91 Å². The monoisotopic (exact) mass is 274 g/mol. The average molecular weight is 274 g/mol. The molecule has 0 atom stereocenters. The molecule has 2 rings (SSSR count). The van der Waals surface area contributed by atoms with Gasteiger partial charge in [-0.2, -0.15) is 0 Å². The molecule has 0 aliphatic rings. The van der Waals surface area contributed by atoms with Gasteiger partial charge in [-0.3, -0.25) is 4.79 Å². The maximum absolute atomic E-state index is 11.6. The summed E-state index contributed by atoms with van der Waals surface area (Å²) in [6.07, 6.45) is 1.04. The van der Waals surface area contributed by atoms with Crippen molar-refractivity contribution in [1.82, 2.24) is 5.16 Å². The van der Waals surface area contributed by atoms with Gasteiger partial charge in [0.1, 0.15) is 11.5 Å². The Morgan fingerprint density at radius 3 is 2.70 bits per heavy atom. The van der Waals surface area contributed by atoms with Crippen molar-refractivity contribution in [1.29, 1.82) is 0 Å². The number of anilines is 1. The Morgan fingerprint density at radius 2 is 2.05 bits per heavy atom. The number of nitrogens with zero attached hydrogens (tertiary/aromatic N) is 1. The molecule has 0 fully saturated rings. The van der Waals surface area contributed by atoms with E-state index in [0.717, 1.165) is 5.75 Å². The lowest BCUT2D eigenvalue weighted by atomic mass is 10.2. The third kappa shape index (κ3) is 4.42. The molecule has 1 heterocycles. The van der Waals surface area contributed by atoms with Gasteiger partial charge in [0.25, 0.3) is 0 Å². The number of hydrogen-bond acceptors (Lipinski definition) is 4. The summed E-state index contributed by atoms with van der Waals surface area (Å²) in [6.45, 7) is 4.31. The van der Waals surface area contributed by atoms with E-state index in [1.807, 2.05) is 31.2 Å². The fraction of sp³-hybridized carbons (Fsp3) is 0.333. The number of aromatic nitrogens is 1. The number of ether oxygens (including phenoxy) is 1. The molecule has 0 radical (unpaired) electrons. The second kappa shape index (κ2) is 6.75. The average Bonchev–Trinajstić information content (AvgIpc) is 2.82. The molecule has 0 saturated heterocycles. The van der Waals surface area contributed by atoms with Crippen molar-refractivity contribution in [3.05, 3.63) is 41.7 Å². The standard InChI is InChI=1S/C15H18N2O3/c1-11-5-7-13(8-6-11)19-9-3-4-15(18)16-14-10-12(2)20-17-14/h5-8,10H,3-4,9H2,1-2H3,(H,16,17,18). The van der Waals surface area contributed by atoms with Crippen molar-refractivity contribution in [2.24, 2.45) is 0 Å². The van der Waals surface area contributed by atoms with Crippen LogP contribution in [-0.4, -0.2) is 17.7 Å². The lowest BCUT2D eigenvalue weighted by molar-refractivity contribution is -0.116. The zero-order valence-corrected chi connectivity index (χ0v) is 11.7. The molecule has 5 heteroatoms. The molecule has 0 aliphatic heterocycles. The van der Waals surface area contributed by atoms with Crippen LogP contribution in [0.4, 0.5) is 5.82 Å². The van der Waals surface area contributed by atoms with Gasteiger partial charge in [0.15, 0.2) is 5.82 Å². The van der Waals surface area contributed by atoms with Gasteiger partial charge in [-0.15, -0.1) is 0 Å².